The van der Waals surface area contributed by atoms with Gasteiger partial charge in [-0.05, 0) is 18.3 Å². The van der Waals surface area contributed by atoms with E-state index in [0.29, 0.717) is 5.69 Å². The number of H-pyrrole nitrogens is 1. The maximum absolute atomic E-state index is 14.1. The molecule has 106 valence electrons. The fourth-order valence-corrected chi connectivity index (χ4v) is 2.69. The minimum absolute atomic E-state index is 0.0307. The lowest BCUT2D eigenvalue weighted by molar-refractivity contribution is 0.578. The van der Waals surface area contributed by atoms with Crippen LogP contribution >= 0.6 is 23.8 Å². The Bertz CT molecular complexity index is 833. The first kappa shape index (κ1) is 14.0. The van der Waals surface area contributed by atoms with Crippen molar-refractivity contribution >= 4 is 23.8 Å². The highest BCUT2D eigenvalue weighted by molar-refractivity contribution is 7.71. The summed E-state index contributed by atoms with van der Waals surface area (Å²) < 4.78 is 29.1. The van der Waals surface area contributed by atoms with Crippen molar-refractivity contribution in [3.63, 3.8) is 0 Å². The molecule has 0 unspecified atom stereocenters. The summed E-state index contributed by atoms with van der Waals surface area (Å²) in [7, 11) is 0. The minimum Gasteiger partial charge on any atom is -0.336 e. The molecule has 1 aromatic heterocycles. The molecular weight excluding hydrogens is 314 g/mol. The van der Waals surface area contributed by atoms with Crippen molar-refractivity contribution in [1.29, 1.82) is 0 Å². The zero-order valence-electron chi connectivity index (χ0n) is 10.6. The summed E-state index contributed by atoms with van der Waals surface area (Å²) in [6, 6.07) is 11.2. The van der Waals surface area contributed by atoms with Crippen LogP contribution in [0.15, 0.2) is 48.7 Å². The smallest absolute Gasteiger partial charge is 0.182 e. The fraction of sp³-hybridized carbons (Fsp3) is 0. The molecule has 1 N–H and O–H groups in total. The van der Waals surface area contributed by atoms with Gasteiger partial charge in [0.1, 0.15) is 11.5 Å². The fourth-order valence-electron chi connectivity index (χ4n) is 2.16. The standard InChI is InChI=1S/C15H9ClF2N2S/c16-11-6-10(17)7-12(18)14(11)20-13(8-19-15(20)21)9-4-2-1-3-5-9/h1-8H,(H,19,21). The number of benzene rings is 2. The molecule has 2 nitrogen and oxygen atoms in total. The lowest BCUT2D eigenvalue weighted by atomic mass is 10.1. The van der Waals surface area contributed by atoms with Crippen LogP contribution in [-0.2, 0) is 0 Å². The Morgan fingerprint density at radius 1 is 1.10 bits per heavy atom. The lowest BCUT2D eigenvalue weighted by Crippen LogP contribution is -2.02. The van der Waals surface area contributed by atoms with Gasteiger partial charge in [0.25, 0.3) is 0 Å². The highest BCUT2D eigenvalue weighted by Crippen LogP contribution is 2.30. The minimum atomic E-state index is -0.770. The van der Waals surface area contributed by atoms with Crippen molar-refractivity contribution in [3.8, 4) is 16.9 Å². The zero-order chi connectivity index (χ0) is 15.0. The molecule has 6 heteroatoms. The van der Waals surface area contributed by atoms with E-state index in [2.05, 4.69) is 4.98 Å². The van der Waals surface area contributed by atoms with Gasteiger partial charge < -0.3 is 4.98 Å². The van der Waals surface area contributed by atoms with Gasteiger partial charge in [0, 0.05) is 17.8 Å². The molecule has 0 aliphatic carbocycles. The number of rotatable bonds is 2. The number of imidazole rings is 1. The molecule has 21 heavy (non-hydrogen) atoms. The molecule has 0 radical (unpaired) electrons. The summed E-state index contributed by atoms with van der Waals surface area (Å²) in [5, 5.41) is -0.0413. The Morgan fingerprint density at radius 2 is 1.81 bits per heavy atom. The van der Waals surface area contributed by atoms with Gasteiger partial charge in [0.2, 0.25) is 0 Å². The van der Waals surface area contributed by atoms with E-state index in [0.717, 1.165) is 17.7 Å². The van der Waals surface area contributed by atoms with Crippen molar-refractivity contribution in [2.24, 2.45) is 0 Å². The SMILES string of the molecule is Fc1cc(F)c(-n2c(-c3ccccc3)c[nH]c2=S)c(Cl)c1. The number of aromatic amines is 1. The molecule has 0 saturated carbocycles. The highest BCUT2D eigenvalue weighted by Gasteiger charge is 2.17. The molecule has 2 aromatic carbocycles. The average Bonchev–Trinajstić information content (AvgIpc) is 2.81. The van der Waals surface area contributed by atoms with Crippen LogP contribution in [0.25, 0.3) is 16.9 Å². The Labute approximate surface area is 129 Å². The third-order valence-electron chi connectivity index (χ3n) is 3.05. The van der Waals surface area contributed by atoms with Gasteiger partial charge in [-0.3, -0.25) is 4.57 Å². The van der Waals surface area contributed by atoms with Crippen LogP contribution in [0.3, 0.4) is 0 Å². The highest BCUT2D eigenvalue weighted by atomic mass is 35.5. The molecule has 0 saturated heterocycles. The third kappa shape index (κ3) is 2.50. The van der Waals surface area contributed by atoms with Gasteiger partial charge in [-0.25, -0.2) is 8.78 Å². The van der Waals surface area contributed by atoms with E-state index in [1.165, 1.54) is 4.57 Å². The molecule has 3 aromatic rings. The van der Waals surface area contributed by atoms with Crippen molar-refractivity contribution in [1.82, 2.24) is 9.55 Å². The summed E-state index contributed by atoms with van der Waals surface area (Å²) in [5.41, 5.74) is 1.51. The second-order valence-electron chi connectivity index (χ2n) is 4.40. The van der Waals surface area contributed by atoms with E-state index in [4.69, 9.17) is 23.8 Å². The monoisotopic (exact) mass is 322 g/mol. The number of hydrogen-bond donors (Lipinski definition) is 1. The van der Waals surface area contributed by atoms with E-state index in [1.807, 2.05) is 30.3 Å². The van der Waals surface area contributed by atoms with Gasteiger partial charge in [0.05, 0.1) is 10.7 Å². The Kier molecular flexibility index (Phi) is 3.61. The largest absolute Gasteiger partial charge is 0.336 e. The number of aromatic nitrogens is 2. The molecule has 0 bridgehead atoms. The Balaban J connectivity index is 2.30. The molecular formula is C15H9ClF2N2S. The van der Waals surface area contributed by atoms with Crippen molar-refractivity contribution in [3.05, 3.63) is 70.1 Å². The van der Waals surface area contributed by atoms with E-state index < -0.39 is 11.6 Å². The van der Waals surface area contributed by atoms with Crippen LogP contribution < -0.4 is 0 Å². The van der Waals surface area contributed by atoms with Crippen LogP contribution in [0.4, 0.5) is 8.78 Å². The van der Waals surface area contributed by atoms with Gasteiger partial charge in [-0.15, -0.1) is 0 Å². The average molecular weight is 323 g/mol. The topological polar surface area (TPSA) is 20.7 Å². The maximum atomic E-state index is 14.1. The Hall–Kier alpha value is -1.98. The van der Waals surface area contributed by atoms with Crippen LogP contribution in [-0.4, -0.2) is 9.55 Å². The van der Waals surface area contributed by atoms with Crippen LogP contribution in [0.1, 0.15) is 0 Å². The van der Waals surface area contributed by atoms with Crippen LogP contribution in [0, 0.1) is 16.4 Å². The zero-order valence-corrected chi connectivity index (χ0v) is 12.2. The summed E-state index contributed by atoms with van der Waals surface area (Å²) in [4.78, 5) is 2.86. The van der Waals surface area contributed by atoms with E-state index >= 15 is 0 Å². The first-order valence-corrected chi connectivity index (χ1v) is 6.87. The summed E-state index contributed by atoms with van der Waals surface area (Å²) >= 11 is 11.2. The van der Waals surface area contributed by atoms with Crippen molar-refractivity contribution in [2.75, 3.05) is 0 Å². The van der Waals surface area contributed by atoms with E-state index in [1.54, 1.807) is 6.20 Å². The first-order chi connectivity index (χ1) is 10.1. The van der Waals surface area contributed by atoms with Gasteiger partial charge in [0.15, 0.2) is 10.6 Å². The van der Waals surface area contributed by atoms with Crippen LogP contribution in [0.5, 0.6) is 0 Å². The molecule has 0 fully saturated rings. The van der Waals surface area contributed by atoms with Crippen molar-refractivity contribution in [2.45, 2.75) is 0 Å². The molecule has 1 heterocycles. The molecule has 3 rings (SSSR count). The first-order valence-electron chi connectivity index (χ1n) is 6.08. The van der Waals surface area contributed by atoms with Gasteiger partial charge in [-0.1, -0.05) is 41.9 Å². The Morgan fingerprint density at radius 3 is 2.48 bits per heavy atom. The molecule has 0 aliphatic heterocycles. The molecule has 0 aliphatic rings. The van der Waals surface area contributed by atoms with Gasteiger partial charge >= 0.3 is 0 Å². The lowest BCUT2D eigenvalue weighted by Gasteiger charge is -2.11. The van der Waals surface area contributed by atoms with Gasteiger partial charge in [-0.2, -0.15) is 0 Å². The molecule has 0 atom stereocenters. The quantitative estimate of drug-likeness (QED) is 0.648. The number of nitrogens with zero attached hydrogens (tertiary/aromatic N) is 1. The number of hydrogen-bond acceptors (Lipinski definition) is 1. The summed E-state index contributed by atoms with van der Waals surface area (Å²) in [6.07, 6.45) is 1.66. The molecule has 0 amide bonds. The molecule has 0 spiro atoms. The number of halogens is 3. The second-order valence-corrected chi connectivity index (χ2v) is 5.19. The maximum Gasteiger partial charge on any atom is 0.182 e. The van der Waals surface area contributed by atoms with E-state index in [9.17, 15) is 8.78 Å². The van der Waals surface area contributed by atoms with E-state index in [-0.39, 0.29) is 15.5 Å². The normalized spacial score (nSPS) is 10.8. The predicted octanol–water partition coefficient (Wildman–Crippen LogP) is 5.13. The second kappa shape index (κ2) is 5.42. The third-order valence-corrected chi connectivity index (χ3v) is 3.64. The summed E-state index contributed by atoms with van der Waals surface area (Å²) in [6.45, 7) is 0. The predicted molar refractivity (Wildman–Crippen MR) is 81.3 cm³/mol. The van der Waals surface area contributed by atoms with Crippen molar-refractivity contribution < 1.29 is 8.78 Å². The number of nitrogens with one attached hydrogen (secondary N) is 1. The van der Waals surface area contributed by atoms with Crippen LogP contribution in [0.2, 0.25) is 5.02 Å². The summed E-state index contributed by atoms with van der Waals surface area (Å²) in [5.74, 6) is -1.50.